The molecule has 0 radical (unpaired) electrons. The van der Waals surface area contributed by atoms with Gasteiger partial charge in [-0.15, -0.1) is 0 Å². The number of rotatable bonds is 4. The van der Waals surface area contributed by atoms with E-state index in [9.17, 15) is 0 Å². The molecule has 0 saturated carbocycles. The topological polar surface area (TPSA) is 48.8 Å². The van der Waals surface area contributed by atoms with Crippen molar-refractivity contribution in [1.29, 1.82) is 0 Å². The molecule has 2 heterocycles. The lowest BCUT2D eigenvalue weighted by atomic mass is 10.1. The minimum atomic E-state index is 0.200. The molecule has 1 atom stereocenters. The zero-order chi connectivity index (χ0) is 13.3. The van der Waals surface area contributed by atoms with Crippen LogP contribution in [0, 0.1) is 6.92 Å². The SMILES string of the molecule is Cc1nn(C)c(Cn2ccc(CC(C)N)c2)c1Br. The van der Waals surface area contributed by atoms with E-state index in [-0.39, 0.29) is 6.04 Å². The number of nitrogens with zero attached hydrogens (tertiary/aromatic N) is 3. The second kappa shape index (κ2) is 5.28. The normalized spacial score (nSPS) is 12.9. The molecule has 0 saturated heterocycles. The van der Waals surface area contributed by atoms with Crippen molar-refractivity contribution in [2.24, 2.45) is 12.8 Å². The highest BCUT2D eigenvalue weighted by Gasteiger charge is 2.11. The first-order chi connectivity index (χ1) is 8.47. The Kier molecular flexibility index (Phi) is 3.92. The van der Waals surface area contributed by atoms with Gasteiger partial charge in [-0.05, 0) is 47.8 Å². The first-order valence-corrected chi connectivity index (χ1v) is 6.85. The predicted molar refractivity (Wildman–Crippen MR) is 76.5 cm³/mol. The fraction of sp³-hybridized carbons (Fsp3) is 0.462. The van der Waals surface area contributed by atoms with Crippen LogP contribution in [0.4, 0.5) is 0 Å². The van der Waals surface area contributed by atoms with Gasteiger partial charge >= 0.3 is 0 Å². The summed E-state index contributed by atoms with van der Waals surface area (Å²) in [6, 6.07) is 2.33. The number of hydrogen-bond donors (Lipinski definition) is 1. The first kappa shape index (κ1) is 13.4. The summed E-state index contributed by atoms with van der Waals surface area (Å²) in [6.45, 7) is 4.85. The van der Waals surface area contributed by atoms with Crippen LogP contribution in [-0.4, -0.2) is 20.4 Å². The minimum absolute atomic E-state index is 0.200. The van der Waals surface area contributed by atoms with Crippen LogP contribution < -0.4 is 5.73 Å². The fourth-order valence-electron chi connectivity index (χ4n) is 2.11. The Hall–Kier alpha value is -1.07. The Morgan fingerprint density at radius 2 is 2.22 bits per heavy atom. The van der Waals surface area contributed by atoms with Gasteiger partial charge in [0.05, 0.1) is 22.4 Å². The van der Waals surface area contributed by atoms with Crippen molar-refractivity contribution in [3.63, 3.8) is 0 Å². The molecule has 0 fully saturated rings. The van der Waals surface area contributed by atoms with Crippen LogP contribution >= 0.6 is 15.9 Å². The van der Waals surface area contributed by atoms with Gasteiger partial charge in [0, 0.05) is 25.5 Å². The summed E-state index contributed by atoms with van der Waals surface area (Å²) in [4.78, 5) is 0. The van der Waals surface area contributed by atoms with Crippen molar-refractivity contribution in [3.05, 3.63) is 39.9 Å². The molecule has 5 heteroatoms. The van der Waals surface area contributed by atoms with Crippen LogP contribution in [-0.2, 0) is 20.0 Å². The van der Waals surface area contributed by atoms with Crippen molar-refractivity contribution in [1.82, 2.24) is 14.3 Å². The fourth-order valence-corrected chi connectivity index (χ4v) is 2.57. The van der Waals surface area contributed by atoms with Gasteiger partial charge in [-0.2, -0.15) is 5.10 Å². The Bertz CT molecular complexity index is 539. The molecular weight excluding hydrogens is 292 g/mol. The van der Waals surface area contributed by atoms with Gasteiger partial charge in [-0.1, -0.05) is 0 Å². The van der Waals surface area contributed by atoms with Crippen LogP contribution in [0.5, 0.6) is 0 Å². The van der Waals surface area contributed by atoms with Crippen LogP contribution in [0.2, 0.25) is 0 Å². The highest BCUT2D eigenvalue weighted by molar-refractivity contribution is 9.10. The van der Waals surface area contributed by atoms with Crippen LogP contribution in [0.25, 0.3) is 0 Å². The zero-order valence-electron chi connectivity index (χ0n) is 11.0. The van der Waals surface area contributed by atoms with Crippen molar-refractivity contribution < 1.29 is 0 Å². The summed E-state index contributed by atoms with van der Waals surface area (Å²) in [6.07, 6.45) is 5.16. The van der Waals surface area contributed by atoms with Gasteiger partial charge in [-0.25, -0.2) is 0 Å². The van der Waals surface area contributed by atoms with E-state index in [1.54, 1.807) is 0 Å². The summed E-state index contributed by atoms with van der Waals surface area (Å²) in [5.74, 6) is 0. The first-order valence-electron chi connectivity index (χ1n) is 6.05. The highest BCUT2D eigenvalue weighted by atomic mass is 79.9. The smallest absolute Gasteiger partial charge is 0.0739 e. The molecule has 2 aromatic rings. The van der Waals surface area contributed by atoms with E-state index >= 15 is 0 Å². The Morgan fingerprint density at radius 1 is 1.50 bits per heavy atom. The average Bonchev–Trinajstić information content (AvgIpc) is 2.79. The van der Waals surface area contributed by atoms with E-state index in [0.29, 0.717) is 0 Å². The maximum Gasteiger partial charge on any atom is 0.0739 e. The van der Waals surface area contributed by atoms with E-state index in [0.717, 1.165) is 23.1 Å². The molecule has 0 aliphatic carbocycles. The van der Waals surface area contributed by atoms with Crippen molar-refractivity contribution in [3.8, 4) is 0 Å². The third kappa shape index (κ3) is 2.84. The van der Waals surface area contributed by atoms with E-state index in [2.05, 4.69) is 44.1 Å². The van der Waals surface area contributed by atoms with Gasteiger partial charge in [0.15, 0.2) is 0 Å². The molecule has 0 amide bonds. The largest absolute Gasteiger partial charge is 0.348 e. The van der Waals surface area contributed by atoms with E-state index in [1.165, 1.54) is 11.3 Å². The summed E-state index contributed by atoms with van der Waals surface area (Å²) >= 11 is 3.59. The molecule has 98 valence electrons. The number of halogens is 1. The Morgan fingerprint density at radius 3 is 2.78 bits per heavy atom. The lowest BCUT2D eigenvalue weighted by molar-refractivity contribution is 0.661. The summed E-state index contributed by atoms with van der Waals surface area (Å²) < 4.78 is 5.18. The molecule has 1 unspecified atom stereocenters. The Balaban J connectivity index is 2.16. The maximum absolute atomic E-state index is 5.81. The van der Waals surface area contributed by atoms with Crippen molar-refractivity contribution in [2.45, 2.75) is 32.9 Å². The molecule has 0 aliphatic heterocycles. The Labute approximate surface area is 116 Å². The van der Waals surface area contributed by atoms with E-state index in [4.69, 9.17) is 5.73 Å². The van der Waals surface area contributed by atoms with Crippen molar-refractivity contribution in [2.75, 3.05) is 0 Å². The summed E-state index contributed by atoms with van der Waals surface area (Å²) in [5.41, 5.74) is 9.28. The number of aryl methyl sites for hydroxylation is 2. The standard InChI is InChI=1S/C13H19BrN4/c1-9(15)6-11-4-5-18(7-11)8-12-13(14)10(2)16-17(12)3/h4-5,7,9H,6,8,15H2,1-3H3. The molecule has 2 N–H and O–H groups in total. The average molecular weight is 311 g/mol. The minimum Gasteiger partial charge on any atom is -0.348 e. The second-order valence-corrected chi connectivity index (χ2v) is 5.64. The quantitative estimate of drug-likeness (QED) is 0.941. The molecule has 2 rings (SSSR count). The molecular formula is C13H19BrN4. The number of aromatic nitrogens is 3. The zero-order valence-corrected chi connectivity index (χ0v) is 12.6. The van der Waals surface area contributed by atoms with Gasteiger partial charge in [-0.3, -0.25) is 4.68 Å². The van der Waals surface area contributed by atoms with Gasteiger partial charge in [0.2, 0.25) is 0 Å². The number of hydrogen-bond acceptors (Lipinski definition) is 2. The lowest BCUT2D eigenvalue weighted by Gasteiger charge is -2.05. The predicted octanol–water partition coefficient (Wildman–Crippen LogP) is 2.23. The third-order valence-electron chi connectivity index (χ3n) is 2.96. The van der Waals surface area contributed by atoms with Crippen LogP contribution in [0.15, 0.2) is 22.9 Å². The highest BCUT2D eigenvalue weighted by Crippen LogP contribution is 2.21. The molecule has 18 heavy (non-hydrogen) atoms. The number of nitrogens with two attached hydrogens (primary N) is 1. The third-order valence-corrected chi connectivity index (χ3v) is 3.99. The molecule has 0 bridgehead atoms. The molecule has 0 aromatic carbocycles. The monoisotopic (exact) mass is 310 g/mol. The van der Waals surface area contributed by atoms with Crippen molar-refractivity contribution >= 4 is 15.9 Å². The molecule has 0 spiro atoms. The molecule has 4 nitrogen and oxygen atoms in total. The van der Waals surface area contributed by atoms with Crippen LogP contribution in [0.3, 0.4) is 0 Å². The summed E-state index contributed by atoms with van der Waals surface area (Å²) in [5, 5.41) is 4.40. The van der Waals surface area contributed by atoms with Crippen LogP contribution in [0.1, 0.15) is 23.9 Å². The van der Waals surface area contributed by atoms with Gasteiger partial charge < -0.3 is 10.3 Å². The summed E-state index contributed by atoms with van der Waals surface area (Å²) in [7, 11) is 1.97. The van der Waals surface area contributed by atoms with E-state index in [1.807, 2.05) is 25.6 Å². The molecule has 2 aromatic heterocycles. The van der Waals surface area contributed by atoms with Gasteiger partial charge in [0.1, 0.15) is 0 Å². The lowest BCUT2D eigenvalue weighted by Crippen LogP contribution is -2.17. The maximum atomic E-state index is 5.81. The second-order valence-electron chi connectivity index (χ2n) is 4.84. The van der Waals surface area contributed by atoms with E-state index < -0.39 is 0 Å². The molecule has 0 aliphatic rings. The van der Waals surface area contributed by atoms with Gasteiger partial charge in [0.25, 0.3) is 0 Å².